The van der Waals surface area contributed by atoms with Crippen molar-refractivity contribution >= 4 is 28.3 Å². The van der Waals surface area contributed by atoms with Crippen LogP contribution in [0.2, 0.25) is 0 Å². The molecule has 0 amide bonds. The second-order valence-corrected chi connectivity index (χ2v) is 11.0. The Bertz CT molecular complexity index is 1440. The van der Waals surface area contributed by atoms with Gasteiger partial charge < -0.3 is 0 Å². The Labute approximate surface area is 200 Å². The van der Waals surface area contributed by atoms with Crippen molar-refractivity contribution in [2.24, 2.45) is 5.41 Å². The highest BCUT2D eigenvalue weighted by atomic mass is 32.2. The second kappa shape index (κ2) is 6.52. The van der Waals surface area contributed by atoms with Crippen LogP contribution in [-0.4, -0.2) is 22.5 Å². The van der Waals surface area contributed by atoms with Crippen LogP contribution in [0.4, 0.5) is 30.7 Å². The molecule has 1 fully saturated rings. The predicted octanol–water partition coefficient (Wildman–Crippen LogP) is 8.39. The minimum atomic E-state index is -5.62. The SMILES string of the molecule is CC12C=Cc3ccccc3C1=C1C(=C3C=C(c4cccc(F)c4)SC32C)C(F)(F)C(F)(F)C1(F)F. The van der Waals surface area contributed by atoms with Gasteiger partial charge >= 0.3 is 17.8 Å². The summed E-state index contributed by atoms with van der Waals surface area (Å²) in [4.78, 5) is 0.345. The molecule has 3 aliphatic carbocycles. The van der Waals surface area contributed by atoms with E-state index in [0.717, 1.165) is 11.8 Å². The molecule has 0 nitrogen and oxygen atoms in total. The van der Waals surface area contributed by atoms with Gasteiger partial charge in [-0.1, -0.05) is 55.5 Å². The minimum Gasteiger partial charge on any atom is -0.207 e. The van der Waals surface area contributed by atoms with Gasteiger partial charge in [-0.05, 0) is 53.0 Å². The van der Waals surface area contributed by atoms with Crippen molar-refractivity contribution in [3.8, 4) is 0 Å². The van der Waals surface area contributed by atoms with Gasteiger partial charge in [0, 0.05) is 21.5 Å². The van der Waals surface area contributed by atoms with Crippen LogP contribution in [0.5, 0.6) is 0 Å². The monoisotopic (exact) mass is 506 g/mol. The number of allylic oxidation sites excluding steroid dienone is 5. The van der Waals surface area contributed by atoms with Crippen molar-refractivity contribution in [1.82, 2.24) is 0 Å². The van der Waals surface area contributed by atoms with E-state index in [1.807, 2.05) is 0 Å². The summed E-state index contributed by atoms with van der Waals surface area (Å²) >= 11 is 1.10. The summed E-state index contributed by atoms with van der Waals surface area (Å²) in [7, 11) is 0. The Balaban J connectivity index is 1.76. The van der Waals surface area contributed by atoms with Gasteiger partial charge in [-0.3, -0.25) is 0 Å². The van der Waals surface area contributed by atoms with Gasteiger partial charge in [0.2, 0.25) is 0 Å². The van der Waals surface area contributed by atoms with Gasteiger partial charge in [0.1, 0.15) is 5.82 Å². The third-order valence-electron chi connectivity index (χ3n) is 7.74. The van der Waals surface area contributed by atoms with Crippen LogP contribution >= 0.6 is 11.8 Å². The lowest BCUT2D eigenvalue weighted by Crippen LogP contribution is -2.47. The zero-order valence-electron chi connectivity index (χ0n) is 18.4. The van der Waals surface area contributed by atoms with E-state index in [1.54, 1.807) is 50.3 Å². The zero-order valence-corrected chi connectivity index (χ0v) is 19.2. The van der Waals surface area contributed by atoms with Crippen LogP contribution in [0.3, 0.4) is 0 Å². The van der Waals surface area contributed by atoms with Gasteiger partial charge in [-0.15, -0.1) is 11.8 Å². The number of rotatable bonds is 1. The lowest BCUT2D eigenvalue weighted by atomic mass is 9.58. The van der Waals surface area contributed by atoms with Gasteiger partial charge in [0.05, 0.1) is 4.75 Å². The van der Waals surface area contributed by atoms with Crippen LogP contribution in [0.15, 0.2) is 77.4 Å². The Morgan fingerprint density at radius 2 is 1.46 bits per heavy atom. The highest BCUT2D eigenvalue weighted by Gasteiger charge is 2.84. The first-order chi connectivity index (χ1) is 16.3. The van der Waals surface area contributed by atoms with E-state index in [9.17, 15) is 13.2 Å². The van der Waals surface area contributed by atoms with E-state index >= 15 is 17.6 Å². The number of alkyl halides is 6. The number of thioether (sulfide) groups is 1. The molecular formula is C27H17F7S. The average Bonchev–Trinajstić information content (AvgIpc) is 3.20. The van der Waals surface area contributed by atoms with Crippen LogP contribution in [-0.2, 0) is 0 Å². The number of benzene rings is 2. The maximum Gasteiger partial charge on any atom is 0.380 e. The maximum atomic E-state index is 15.4. The molecule has 1 aliphatic heterocycles. The van der Waals surface area contributed by atoms with Gasteiger partial charge in [-0.25, -0.2) is 4.39 Å². The Morgan fingerprint density at radius 1 is 0.771 bits per heavy atom. The molecule has 0 saturated heterocycles. The van der Waals surface area contributed by atoms with Crippen molar-refractivity contribution < 1.29 is 30.7 Å². The molecule has 2 unspecified atom stereocenters. The number of fused-ring (bicyclic) bond motifs is 6. The molecule has 6 rings (SSSR count). The van der Waals surface area contributed by atoms with Crippen LogP contribution in [0, 0.1) is 11.2 Å². The van der Waals surface area contributed by atoms with Gasteiger partial charge in [0.15, 0.2) is 0 Å². The minimum absolute atomic E-state index is 0.221. The van der Waals surface area contributed by atoms with Crippen molar-refractivity contribution in [2.75, 3.05) is 0 Å². The van der Waals surface area contributed by atoms with E-state index < -0.39 is 44.9 Å². The summed E-state index contributed by atoms with van der Waals surface area (Å²) in [5.74, 6) is -16.4. The zero-order chi connectivity index (χ0) is 25.2. The van der Waals surface area contributed by atoms with Gasteiger partial charge in [0.25, 0.3) is 0 Å². The van der Waals surface area contributed by atoms with E-state index in [4.69, 9.17) is 0 Å². The Hall–Kier alpha value is -2.74. The first-order valence-corrected chi connectivity index (χ1v) is 11.7. The molecule has 0 radical (unpaired) electrons. The van der Waals surface area contributed by atoms with E-state index in [2.05, 4.69) is 0 Å². The fourth-order valence-corrected chi connectivity index (χ4v) is 7.26. The molecule has 2 atom stereocenters. The Kier molecular flexibility index (Phi) is 4.23. The molecule has 180 valence electrons. The summed E-state index contributed by atoms with van der Waals surface area (Å²) in [5.41, 5.74) is -3.43. The van der Waals surface area contributed by atoms with Crippen molar-refractivity contribution in [3.05, 3.63) is 99.9 Å². The van der Waals surface area contributed by atoms with Crippen LogP contribution < -0.4 is 0 Å². The number of hydrogen-bond acceptors (Lipinski definition) is 1. The lowest BCUT2D eigenvalue weighted by molar-refractivity contribution is -0.257. The molecular weight excluding hydrogens is 489 g/mol. The third kappa shape index (κ3) is 2.46. The fraction of sp³-hybridized carbons (Fsp3) is 0.259. The molecule has 0 bridgehead atoms. The fourth-order valence-electron chi connectivity index (χ4n) is 5.75. The number of hydrogen-bond donors (Lipinski definition) is 0. The molecule has 35 heavy (non-hydrogen) atoms. The summed E-state index contributed by atoms with van der Waals surface area (Å²) in [6, 6.07) is 11.8. The van der Waals surface area contributed by atoms with Crippen molar-refractivity contribution in [2.45, 2.75) is 36.4 Å². The average molecular weight is 506 g/mol. The highest BCUT2D eigenvalue weighted by Crippen LogP contribution is 2.75. The summed E-state index contributed by atoms with van der Waals surface area (Å²) in [6.07, 6.45) is 4.59. The summed E-state index contributed by atoms with van der Waals surface area (Å²) in [5, 5.41) is 0. The Morgan fingerprint density at radius 3 is 2.17 bits per heavy atom. The standard InChI is InChI=1S/C27H17F7S/c1-23-11-10-14-6-3-4-9-17(14)20(23)22-21(25(29,30)27(33,34)26(22,31)32)18-13-19(35-24(18,23)2)15-7-5-8-16(28)12-15/h3-13H,1-2H3. The first kappa shape index (κ1) is 22.7. The quantitative estimate of drug-likeness (QED) is 0.350. The van der Waals surface area contributed by atoms with Crippen LogP contribution in [0.1, 0.15) is 30.5 Å². The lowest BCUT2D eigenvalue weighted by Gasteiger charge is -2.50. The topological polar surface area (TPSA) is 0 Å². The molecule has 0 aromatic heterocycles. The largest absolute Gasteiger partial charge is 0.380 e. The van der Waals surface area contributed by atoms with E-state index in [-0.39, 0.29) is 16.7 Å². The van der Waals surface area contributed by atoms with E-state index in [0.29, 0.717) is 16.0 Å². The highest BCUT2D eigenvalue weighted by molar-refractivity contribution is 8.10. The molecule has 2 aromatic carbocycles. The normalized spacial score (nSPS) is 31.1. The number of halogens is 7. The van der Waals surface area contributed by atoms with E-state index in [1.165, 1.54) is 30.3 Å². The van der Waals surface area contributed by atoms with Crippen molar-refractivity contribution in [1.29, 1.82) is 0 Å². The maximum absolute atomic E-state index is 15.4. The molecule has 1 heterocycles. The molecule has 0 spiro atoms. The third-order valence-corrected chi connectivity index (χ3v) is 9.36. The predicted molar refractivity (Wildman–Crippen MR) is 123 cm³/mol. The second-order valence-electron chi connectivity index (χ2n) is 9.54. The smallest absolute Gasteiger partial charge is 0.207 e. The van der Waals surface area contributed by atoms with Crippen molar-refractivity contribution in [3.63, 3.8) is 0 Å². The first-order valence-electron chi connectivity index (χ1n) is 10.9. The molecule has 8 heteroatoms. The van der Waals surface area contributed by atoms with Crippen LogP contribution in [0.25, 0.3) is 16.6 Å². The molecule has 2 aromatic rings. The molecule has 4 aliphatic rings. The summed E-state index contributed by atoms with van der Waals surface area (Å²) < 4.78 is 104. The molecule has 1 saturated carbocycles. The van der Waals surface area contributed by atoms with Gasteiger partial charge in [-0.2, -0.15) is 26.3 Å². The molecule has 0 N–H and O–H groups in total. The summed E-state index contributed by atoms with van der Waals surface area (Å²) in [6.45, 7) is 3.21.